The lowest BCUT2D eigenvalue weighted by Gasteiger charge is -2.25. The van der Waals surface area contributed by atoms with Gasteiger partial charge in [0.2, 0.25) is 0 Å². The van der Waals surface area contributed by atoms with Crippen LogP contribution in [0.5, 0.6) is 23.0 Å². The third kappa shape index (κ3) is 4.89. The first-order valence-electron chi connectivity index (χ1n) is 18.2. The number of fused-ring (bicyclic) bond motifs is 8. The molecule has 11 rings (SSSR count). The predicted octanol–water partition coefficient (Wildman–Crippen LogP) is 13.7. The van der Waals surface area contributed by atoms with Crippen molar-refractivity contribution in [2.24, 2.45) is 0 Å². The number of hydrogen-bond acceptors (Lipinski definition) is 5. The summed E-state index contributed by atoms with van der Waals surface area (Å²) in [4.78, 5) is 10.3. The van der Waals surface area contributed by atoms with Crippen LogP contribution in [0.2, 0.25) is 0 Å². The lowest BCUT2D eigenvalue weighted by Crippen LogP contribution is -2.15. The third-order valence-corrected chi connectivity index (χ3v) is 12.1. The maximum atomic E-state index is 6.59. The molecule has 0 fully saturated rings. The number of ether oxygens (including phenoxy) is 2. The van der Waals surface area contributed by atoms with E-state index in [0.29, 0.717) is 17.3 Å². The van der Waals surface area contributed by atoms with E-state index in [1.54, 1.807) is 0 Å². The molecule has 0 spiro atoms. The summed E-state index contributed by atoms with van der Waals surface area (Å²) in [7, 11) is 0. The maximum Gasteiger partial charge on any atom is 0.170 e. The highest BCUT2D eigenvalue weighted by Crippen LogP contribution is 2.55. The van der Waals surface area contributed by atoms with Gasteiger partial charge in [0, 0.05) is 42.3 Å². The Balaban J connectivity index is 0.967. The van der Waals surface area contributed by atoms with Crippen LogP contribution in [0.4, 0.5) is 0 Å². The number of aromatic nitrogens is 2. The standard InChI is InChI=1S/C49H32N2O2S/c1-49(2)38-17-8-6-15-34(38)37-26-44-45(27-39(37)49)52-42-22-20-31(24-43(42)53-44)30-13-10-14-33(23-30)48-50-40(29-11-4-3-5-12-29)28-41(51-48)32-19-21-36-35-16-7-9-18-46(35)54-47(36)25-32/h3-28H,1-2H3. The quantitative estimate of drug-likeness (QED) is 0.182. The zero-order chi connectivity index (χ0) is 36.0. The monoisotopic (exact) mass is 712 g/mol. The van der Waals surface area contributed by atoms with Crippen LogP contribution >= 0.6 is 11.3 Å². The van der Waals surface area contributed by atoms with Crippen LogP contribution < -0.4 is 9.47 Å². The lowest BCUT2D eigenvalue weighted by molar-refractivity contribution is 0.359. The van der Waals surface area contributed by atoms with Gasteiger partial charge in [0.05, 0.1) is 11.4 Å². The van der Waals surface area contributed by atoms with Crippen molar-refractivity contribution < 1.29 is 9.47 Å². The maximum absolute atomic E-state index is 6.59. The number of benzene rings is 7. The highest BCUT2D eigenvalue weighted by Gasteiger charge is 2.37. The Morgan fingerprint density at radius 3 is 2.00 bits per heavy atom. The van der Waals surface area contributed by atoms with Gasteiger partial charge >= 0.3 is 0 Å². The van der Waals surface area contributed by atoms with Crippen molar-refractivity contribution in [1.82, 2.24) is 9.97 Å². The molecule has 0 unspecified atom stereocenters. The molecule has 256 valence electrons. The smallest absolute Gasteiger partial charge is 0.170 e. The molecule has 2 aliphatic rings. The third-order valence-electron chi connectivity index (χ3n) is 11.0. The molecule has 0 saturated carbocycles. The van der Waals surface area contributed by atoms with Crippen molar-refractivity contribution in [2.75, 3.05) is 0 Å². The zero-order valence-corrected chi connectivity index (χ0v) is 30.4. The van der Waals surface area contributed by atoms with Crippen LogP contribution in [0.1, 0.15) is 25.0 Å². The van der Waals surface area contributed by atoms with Gasteiger partial charge in [0.15, 0.2) is 28.8 Å². The summed E-state index contributed by atoms with van der Waals surface area (Å²) in [6.45, 7) is 4.55. The van der Waals surface area contributed by atoms with E-state index in [1.165, 1.54) is 42.4 Å². The molecule has 7 aromatic carbocycles. The lowest BCUT2D eigenvalue weighted by atomic mass is 9.82. The Kier molecular flexibility index (Phi) is 6.73. The van der Waals surface area contributed by atoms with Crippen molar-refractivity contribution in [3.63, 3.8) is 0 Å². The molecule has 1 aliphatic heterocycles. The summed E-state index contributed by atoms with van der Waals surface area (Å²) in [6.07, 6.45) is 0. The van der Waals surface area contributed by atoms with Gasteiger partial charge in [-0.3, -0.25) is 0 Å². The minimum absolute atomic E-state index is 0.114. The summed E-state index contributed by atoms with van der Waals surface area (Å²) in [5, 5.41) is 2.56. The van der Waals surface area contributed by atoms with Gasteiger partial charge in [-0.15, -0.1) is 11.3 Å². The molecule has 3 heterocycles. The molecule has 2 aromatic heterocycles. The van der Waals surface area contributed by atoms with E-state index < -0.39 is 0 Å². The Bertz CT molecular complexity index is 2980. The van der Waals surface area contributed by atoms with Crippen LogP contribution in [0.25, 0.3) is 76.3 Å². The number of hydrogen-bond donors (Lipinski definition) is 0. The molecule has 0 bridgehead atoms. The summed E-state index contributed by atoms with van der Waals surface area (Å²) in [5.74, 6) is 3.54. The molecule has 0 radical (unpaired) electrons. The number of thiophene rings is 1. The van der Waals surface area contributed by atoms with Gasteiger partial charge in [-0.05, 0) is 81.9 Å². The molecule has 9 aromatic rings. The summed E-state index contributed by atoms with van der Waals surface area (Å²) in [5.41, 5.74) is 11.8. The number of rotatable bonds is 4. The van der Waals surface area contributed by atoms with Gasteiger partial charge in [-0.1, -0.05) is 123 Å². The Morgan fingerprint density at radius 2 is 1.09 bits per heavy atom. The summed E-state index contributed by atoms with van der Waals surface area (Å²) in [6, 6.07) is 55.2. The Labute approximate surface area is 317 Å². The van der Waals surface area contributed by atoms with E-state index in [1.807, 2.05) is 35.6 Å². The van der Waals surface area contributed by atoms with Gasteiger partial charge in [-0.2, -0.15) is 0 Å². The molecule has 5 heteroatoms. The molecule has 0 N–H and O–H groups in total. The summed E-state index contributed by atoms with van der Waals surface area (Å²) >= 11 is 1.82. The van der Waals surface area contributed by atoms with E-state index in [0.717, 1.165) is 50.7 Å². The van der Waals surface area contributed by atoms with E-state index in [4.69, 9.17) is 19.4 Å². The van der Waals surface area contributed by atoms with Gasteiger partial charge in [0.1, 0.15) is 0 Å². The van der Waals surface area contributed by atoms with Gasteiger partial charge in [-0.25, -0.2) is 9.97 Å². The largest absolute Gasteiger partial charge is 0.450 e. The predicted molar refractivity (Wildman–Crippen MR) is 221 cm³/mol. The van der Waals surface area contributed by atoms with Gasteiger partial charge in [0.25, 0.3) is 0 Å². The van der Waals surface area contributed by atoms with Gasteiger partial charge < -0.3 is 9.47 Å². The highest BCUT2D eigenvalue weighted by molar-refractivity contribution is 7.25. The number of nitrogens with zero attached hydrogens (tertiary/aromatic N) is 2. The first-order valence-corrected chi connectivity index (χ1v) is 19.0. The van der Waals surface area contributed by atoms with E-state index >= 15 is 0 Å². The average Bonchev–Trinajstić information content (AvgIpc) is 3.70. The molecular formula is C49H32N2O2S. The second-order valence-corrected chi connectivity index (χ2v) is 15.7. The second-order valence-electron chi connectivity index (χ2n) is 14.6. The molecule has 1 aliphatic carbocycles. The first-order chi connectivity index (χ1) is 26.5. The Hall–Kier alpha value is -6.56. The molecule has 54 heavy (non-hydrogen) atoms. The van der Waals surface area contributed by atoms with Crippen molar-refractivity contribution in [3.05, 3.63) is 169 Å². The van der Waals surface area contributed by atoms with Crippen molar-refractivity contribution in [2.45, 2.75) is 19.3 Å². The molecule has 0 atom stereocenters. The second kappa shape index (κ2) is 11.7. The van der Waals surface area contributed by atoms with Crippen molar-refractivity contribution >= 4 is 31.5 Å². The van der Waals surface area contributed by atoms with Crippen molar-refractivity contribution in [1.29, 1.82) is 0 Å². The fourth-order valence-corrected chi connectivity index (χ4v) is 9.31. The van der Waals surface area contributed by atoms with E-state index in [9.17, 15) is 0 Å². The fraction of sp³-hybridized carbons (Fsp3) is 0.0612. The highest BCUT2D eigenvalue weighted by atomic mass is 32.1. The van der Waals surface area contributed by atoms with E-state index in [-0.39, 0.29) is 5.41 Å². The van der Waals surface area contributed by atoms with Crippen molar-refractivity contribution in [3.8, 4) is 79.2 Å². The first kappa shape index (κ1) is 31.0. The molecule has 4 nitrogen and oxygen atoms in total. The topological polar surface area (TPSA) is 44.2 Å². The van der Waals surface area contributed by atoms with Crippen LogP contribution in [-0.2, 0) is 5.41 Å². The van der Waals surface area contributed by atoms with Crippen LogP contribution in [0.3, 0.4) is 0 Å². The molecule has 0 saturated heterocycles. The average molecular weight is 713 g/mol. The SMILES string of the molecule is CC1(C)c2ccccc2-c2cc3c(cc21)Oc1ccc(-c2cccc(-c4nc(-c5ccccc5)cc(-c5ccc6c(c5)sc5ccccc56)n4)c2)cc1O3. The molecular weight excluding hydrogens is 681 g/mol. The minimum Gasteiger partial charge on any atom is -0.450 e. The van der Waals surface area contributed by atoms with Crippen LogP contribution in [-0.4, -0.2) is 9.97 Å². The van der Waals surface area contributed by atoms with Crippen LogP contribution in [0.15, 0.2) is 158 Å². The summed E-state index contributed by atoms with van der Waals surface area (Å²) < 4.78 is 15.6. The van der Waals surface area contributed by atoms with Crippen LogP contribution in [0, 0.1) is 0 Å². The zero-order valence-electron chi connectivity index (χ0n) is 29.6. The minimum atomic E-state index is -0.114. The fourth-order valence-electron chi connectivity index (χ4n) is 8.16. The Morgan fingerprint density at radius 1 is 0.426 bits per heavy atom. The molecule has 0 amide bonds. The normalized spacial score (nSPS) is 13.4. The van der Waals surface area contributed by atoms with E-state index in [2.05, 4.69) is 147 Å².